The van der Waals surface area contributed by atoms with Crippen molar-refractivity contribution in [3.63, 3.8) is 0 Å². The number of ketones is 1. The number of piperazine rings is 1. The molecule has 3 fully saturated rings. The molecule has 0 aromatic heterocycles. The van der Waals surface area contributed by atoms with Gasteiger partial charge >= 0.3 is 0 Å². The number of fused-ring (bicyclic) bond motifs is 1. The summed E-state index contributed by atoms with van der Waals surface area (Å²) in [7, 11) is 0. The lowest BCUT2D eigenvalue weighted by Gasteiger charge is -2.57. The van der Waals surface area contributed by atoms with Crippen LogP contribution in [0.1, 0.15) is 42.4 Å². The van der Waals surface area contributed by atoms with Crippen LogP contribution in [-0.2, 0) is 21.4 Å². The molecule has 2 saturated heterocycles. The summed E-state index contributed by atoms with van der Waals surface area (Å²) in [5.74, 6) is 0.780. The Kier molecular flexibility index (Phi) is 5.48. The van der Waals surface area contributed by atoms with Crippen molar-refractivity contribution in [3.8, 4) is 0 Å². The van der Waals surface area contributed by atoms with Crippen LogP contribution < -0.4 is 10.2 Å². The van der Waals surface area contributed by atoms with Gasteiger partial charge in [-0.25, -0.2) is 0 Å². The van der Waals surface area contributed by atoms with Gasteiger partial charge in [0.05, 0.1) is 0 Å². The van der Waals surface area contributed by atoms with Gasteiger partial charge < -0.3 is 15.1 Å². The number of para-hydroxylation sites is 1. The van der Waals surface area contributed by atoms with Gasteiger partial charge in [-0.05, 0) is 67.5 Å². The number of Topliss-reactive ketones (excluding diaryl/α,β-unsaturated/α-hetero) is 1. The minimum absolute atomic E-state index is 0.0343. The van der Waals surface area contributed by atoms with Crippen molar-refractivity contribution in [1.29, 1.82) is 0 Å². The first kappa shape index (κ1) is 21.8. The maximum absolute atomic E-state index is 13.5. The van der Waals surface area contributed by atoms with Crippen LogP contribution in [0.4, 0.5) is 5.69 Å². The number of hydrogen-bond donors (Lipinski definition) is 1. The van der Waals surface area contributed by atoms with E-state index in [1.807, 2.05) is 11.0 Å². The molecule has 5 nitrogen and oxygen atoms in total. The first-order valence-corrected chi connectivity index (χ1v) is 13.0. The molecule has 4 aliphatic rings. The zero-order valence-electron chi connectivity index (χ0n) is 20.1. The Bertz CT molecular complexity index is 1090. The first-order valence-electron chi connectivity index (χ1n) is 13.0. The number of hydrogen-bond acceptors (Lipinski definition) is 4. The van der Waals surface area contributed by atoms with E-state index in [4.69, 9.17) is 0 Å². The van der Waals surface area contributed by atoms with Gasteiger partial charge in [-0.2, -0.15) is 0 Å². The molecule has 5 heteroatoms. The molecule has 2 bridgehead atoms. The molecule has 2 aliphatic heterocycles. The third kappa shape index (κ3) is 3.56. The summed E-state index contributed by atoms with van der Waals surface area (Å²) in [5.41, 5.74) is 5.41. The second-order valence-electron chi connectivity index (χ2n) is 10.9. The molecule has 2 aromatic rings. The van der Waals surface area contributed by atoms with Crippen molar-refractivity contribution < 1.29 is 9.59 Å². The molecular weight excluding hydrogens is 422 g/mol. The highest BCUT2D eigenvalue weighted by molar-refractivity contribution is 5.89. The number of carbonyl (C=O) groups is 2. The van der Waals surface area contributed by atoms with Gasteiger partial charge in [-0.15, -0.1) is 0 Å². The molecule has 2 heterocycles. The molecule has 178 valence electrons. The fourth-order valence-corrected chi connectivity index (χ4v) is 7.39. The van der Waals surface area contributed by atoms with Crippen molar-refractivity contribution in [3.05, 3.63) is 65.2 Å². The van der Waals surface area contributed by atoms with E-state index in [0.717, 1.165) is 52.0 Å². The van der Waals surface area contributed by atoms with Crippen LogP contribution in [-0.4, -0.2) is 55.4 Å². The second kappa shape index (κ2) is 8.53. The van der Waals surface area contributed by atoms with Gasteiger partial charge in [-0.1, -0.05) is 36.4 Å². The third-order valence-electron chi connectivity index (χ3n) is 9.20. The Morgan fingerprint density at radius 1 is 1.06 bits per heavy atom. The highest BCUT2D eigenvalue weighted by atomic mass is 16.2. The summed E-state index contributed by atoms with van der Waals surface area (Å²) in [4.78, 5) is 31.1. The highest BCUT2D eigenvalue weighted by Crippen LogP contribution is 2.54. The maximum Gasteiger partial charge on any atom is 0.223 e. The maximum atomic E-state index is 13.5. The van der Waals surface area contributed by atoms with Crippen LogP contribution in [0.5, 0.6) is 0 Å². The smallest absolute Gasteiger partial charge is 0.223 e. The molecule has 0 radical (unpaired) electrons. The average Bonchev–Trinajstić information content (AvgIpc) is 2.85. The fourth-order valence-electron chi connectivity index (χ4n) is 7.39. The predicted molar refractivity (Wildman–Crippen MR) is 134 cm³/mol. The number of amides is 1. The Hall–Kier alpha value is -2.66. The van der Waals surface area contributed by atoms with Gasteiger partial charge in [0, 0.05) is 62.1 Å². The molecule has 1 amide bonds. The molecular formula is C29H35N3O2. The Balaban J connectivity index is 1.15. The van der Waals surface area contributed by atoms with E-state index in [1.165, 1.54) is 22.4 Å². The minimum atomic E-state index is -0.133. The lowest BCUT2D eigenvalue weighted by molar-refractivity contribution is -0.139. The quantitative estimate of drug-likeness (QED) is 0.767. The van der Waals surface area contributed by atoms with E-state index in [9.17, 15) is 9.59 Å². The van der Waals surface area contributed by atoms with Crippen LogP contribution in [0.2, 0.25) is 0 Å². The summed E-state index contributed by atoms with van der Waals surface area (Å²) in [6.07, 6.45) is 3.90. The second-order valence-corrected chi connectivity index (χ2v) is 10.9. The van der Waals surface area contributed by atoms with Crippen molar-refractivity contribution in [1.82, 2.24) is 10.2 Å². The van der Waals surface area contributed by atoms with Gasteiger partial charge in [0.25, 0.3) is 0 Å². The number of aryl methyl sites for hydroxylation is 1. The monoisotopic (exact) mass is 457 g/mol. The van der Waals surface area contributed by atoms with E-state index in [-0.39, 0.29) is 17.2 Å². The number of anilines is 1. The normalized spacial score (nSPS) is 30.5. The first-order chi connectivity index (χ1) is 16.5. The predicted octanol–water partition coefficient (Wildman–Crippen LogP) is 3.49. The van der Waals surface area contributed by atoms with Crippen molar-refractivity contribution in [2.75, 3.05) is 37.6 Å². The van der Waals surface area contributed by atoms with Crippen molar-refractivity contribution in [2.24, 2.45) is 11.8 Å². The highest BCUT2D eigenvalue weighted by Gasteiger charge is 2.55. The molecule has 0 spiro atoms. The number of benzene rings is 2. The van der Waals surface area contributed by atoms with E-state index in [1.54, 1.807) is 0 Å². The van der Waals surface area contributed by atoms with Crippen LogP contribution in [0, 0.1) is 18.8 Å². The molecule has 4 unspecified atom stereocenters. The lowest BCUT2D eigenvalue weighted by Crippen LogP contribution is -2.62. The van der Waals surface area contributed by atoms with E-state index in [0.29, 0.717) is 30.6 Å². The molecule has 6 rings (SSSR count). The standard InChI is InChI=1S/C29H35N3O2/c1-20-6-5-9-24-23(20)18-26-25-16-21(27(33)19-29(24,25)10-11-30-26)17-28(34)32-14-12-31(13-15-32)22-7-3-2-4-8-22/h2-9,21,25-26,30H,10-19H2,1H3. The van der Waals surface area contributed by atoms with Crippen molar-refractivity contribution in [2.45, 2.75) is 50.5 Å². The average molecular weight is 458 g/mol. The number of carbonyl (C=O) groups excluding carboxylic acids is 2. The summed E-state index contributed by atoms with van der Waals surface area (Å²) in [6.45, 7) is 6.36. The van der Waals surface area contributed by atoms with E-state index in [2.05, 4.69) is 59.6 Å². The Labute approximate surface area is 202 Å². The molecule has 1 saturated carbocycles. The summed E-state index contributed by atoms with van der Waals surface area (Å²) >= 11 is 0. The van der Waals surface area contributed by atoms with Crippen LogP contribution >= 0.6 is 0 Å². The zero-order chi connectivity index (χ0) is 23.3. The van der Waals surface area contributed by atoms with Crippen LogP contribution in [0.25, 0.3) is 0 Å². The van der Waals surface area contributed by atoms with Crippen molar-refractivity contribution >= 4 is 17.4 Å². The number of rotatable bonds is 3. The zero-order valence-corrected chi connectivity index (χ0v) is 20.1. The fraction of sp³-hybridized carbons (Fsp3) is 0.517. The number of nitrogens with zero attached hydrogens (tertiary/aromatic N) is 2. The Morgan fingerprint density at radius 2 is 1.85 bits per heavy atom. The third-order valence-corrected chi connectivity index (χ3v) is 9.20. The molecule has 2 aliphatic carbocycles. The van der Waals surface area contributed by atoms with Gasteiger partial charge in [0.1, 0.15) is 5.78 Å². The number of piperidine rings is 1. The lowest BCUT2D eigenvalue weighted by atomic mass is 9.50. The topological polar surface area (TPSA) is 52.7 Å². The molecule has 4 atom stereocenters. The van der Waals surface area contributed by atoms with Gasteiger partial charge in [-0.3, -0.25) is 9.59 Å². The van der Waals surface area contributed by atoms with E-state index >= 15 is 0 Å². The Morgan fingerprint density at radius 3 is 2.65 bits per heavy atom. The van der Waals surface area contributed by atoms with E-state index < -0.39 is 0 Å². The SMILES string of the molecule is Cc1cccc2c1CC1NCCC23CC(=O)C(CC(=O)N2CCN(c4ccccc4)CC2)CC13. The summed E-state index contributed by atoms with van der Waals surface area (Å²) < 4.78 is 0. The van der Waals surface area contributed by atoms with Gasteiger partial charge in [0.2, 0.25) is 5.91 Å². The van der Waals surface area contributed by atoms with Crippen LogP contribution in [0.3, 0.4) is 0 Å². The van der Waals surface area contributed by atoms with Gasteiger partial charge in [0.15, 0.2) is 0 Å². The van der Waals surface area contributed by atoms with Crippen LogP contribution in [0.15, 0.2) is 48.5 Å². The largest absolute Gasteiger partial charge is 0.368 e. The minimum Gasteiger partial charge on any atom is -0.368 e. The molecule has 2 aromatic carbocycles. The molecule has 1 N–H and O–H groups in total. The summed E-state index contributed by atoms with van der Waals surface area (Å²) in [6, 6.07) is 17.5. The summed E-state index contributed by atoms with van der Waals surface area (Å²) in [5, 5.41) is 3.77. The molecule has 34 heavy (non-hydrogen) atoms. The number of nitrogens with one attached hydrogen (secondary N) is 1.